The average Bonchev–Trinajstić information content (AvgIpc) is 2.21. The average molecular weight is 381 g/mol. The van der Waals surface area contributed by atoms with E-state index in [2.05, 4.69) is 31.9 Å². The lowest BCUT2D eigenvalue weighted by atomic mass is 10.0. The third kappa shape index (κ3) is 3.63. The molecule has 0 saturated carbocycles. The smallest absolute Gasteiger partial charge is 0.289 e. The fourth-order valence-corrected chi connectivity index (χ4v) is 1.69. The Hall–Kier alpha value is 0.250. The summed E-state index contributed by atoms with van der Waals surface area (Å²) in [4.78, 5) is 0. The van der Waals surface area contributed by atoms with Crippen molar-refractivity contribution in [3.8, 4) is 0 Å². The molecule has 0 aromatic heterocycles. The molecule has 1 atom stereocenters. The van der Waals surface area contributed by atoms with Gasteiger partial charge in [0.05, 0.1) is 6.04 Å². The molecular formula is C9H10Br2ClF2NO. The van der Waals surface area contributed by atoms with E-state index in [0.29, 0.717) is 4.47 Å². The molecule has 0 fully saturated rings. The minimum absolute atomic E-state index is 0. The summed E-state index contributed by atoms with van der Waals surface area (Å²) in [6, 6.07) is 3.10. The molecule has 1 aromatic carbocycles. The molecule has 1 aromatic rings. The van der Waals surface area contributed by atoms with Gasteiger partial charge in [0.2, 0.25) is 0 Å². The minimum atomic E-state index is -3.31. The second kappa shape index (κ2) is 6.26. The fraction of sp³-hybridized carbons (Fsp3) is 0.333. The van der Waals surface area contributed by atoms with Crippen LogP contribution in [0, 0.1) is 0 Å². The Morgan fingerprint density at radius 2 is 1.88 bits per heavy atom. The van der Waals surface area contributed by atoms with E-state index in [1.54, 1.807) is 6.07 Å². The van der Waals surface area contributed by atoms with Crippen LogP contribution in [-0.2, 0) is 0 Å². The summed E-state index contributed by atoms with van der Waals surface area (Å²) in [6.45, 7) is -1.26. The van der Waals surface area contributed by atoms with Gasteiger partial charge >= 0.3 is 0 Å². The molecule has 1 rings (SSSR count). The summed E-state index contributed by atoms with van der Waals surface area (Å²) in [6.07, 6.45) is 0. The molecule has 0 amide bonds. The molecule has 0 aliphatic carbocycles. The van der Waals surface area contributed by atoms with Crippen LogP contribution in [0.2, 0.25) is 0 Å². The van der Waals surface area contributed by atoms with Crippen molar-refractivity contribution in [2.45, 2.75) is 12.0 Å². The third-order valence-electron chi connectivity index (χ3n) is 1.97. The van der Waals surface area contributed by atoms with E-state index >= 15 is 0 Å². The zero-order valence-corrected chi connectivity index (χ0v) is 11.9. The molecule has 7 heteroatoms. The van der Waals surface area contributed by atoms with Gasteiger partial charge in [-0.1, -0.05) is 6.07 Å². The van der Waals surface area contributed by atoms with Crippen LogP contribution in [0.4, 0.5) is 8.78 Å². The van der Waals surface area contributed by atoms with E-state index in [1.807, 2.05) is 0 Å². The molecule has 0 saturated heterocycles. The lowest BCUT2D eigenvalue weighted by Gasteiger charge is -2.21. The number of aliphatic hydroxyl groups excluding tert-OH is 1. The fourth-order valence-electron chi connectivity index (χ4n) is 1.05. The van der Waals surface area contributed by atoms with Crippen LogP contribution in [0.15, 0.2) is 27.1 Å². The summed E-state index contributed by atoms with van der Waals surface area (Å²) in [7, 11) is 0. The first kappa shape index (κ1) is 16.2. The Balaban J connectivity index is 0.00000225. The number of benzene rings is 1. The second-order valence-corrected chi connectivity index (χ2v) is 4.78. The van der Waals surface area contributed by atoms with Crippen LogP contribution >= 0.6 is 44.3 Å². The van der Waals surface area contributed by atoms with E-state index in [-0.39, 0.29) is 18.0 Å². The predicted molar refractivity (Wildman–Crippen MR) is 68.1 cm³/mol. The number of halogens is 5. The SMILES string of the molecule is Cl.N[C@@H](c1ccc(Br)c(Br)c1)C(F)(F)CO. The van der Waals surface area contributed by atoms with Crippen molar-refractivity contribution in [3.63, 3.8) is 0 Å². The normalized spacial score (nSPS) is 13.1. The van der Waals surface area contributed by atoms with Crippen molar-refractivity contribution < 1.29 is 13.9 Å². The zero-order chi connectivity index (χ0) is 11.6. The summed E-state index contributed by atoms with van der Waals surface area (Å²) in [5.74, 6) is -3.31. The molecule has 0 heterocycles. The van der Waals surface area contributed by atoms with Crippen molar-refractivity contribution in [3.05, 3.63) is 32.7 Å². The van der Waals surface area contributed by atoms with Crippen molar-refractivity contribution >= 4 is 44.3 Å². The van der Waals surface area contributed by atoms with Crippen LogP contribution in [0.3, 0.4) is 0 Å². The maximum absolute atomic E-state index is 13.1. The summed E-state index contributed by atoms with van der Waals surface area (Å²) >= 11 is 6.41. The van der Waals surface area contributed by atoms with E-state index in [4.69, 9.17) is 10.8 Å². The van der Waals surface area contributed by atoms with Gasteiger partial charge in [-0.3, -0.25) is 0 Å². The molecule has 0 radical (unpaired) electrons. The van der Waals surface area contributed by atoms with Crippen molar-refractivity contribution in [2.24, 2.45) is 5.73 Å². The largest absolute Gasteiger partial charge is 0.390 e. The van der Waals surface area contributed by atoms with Crippen LogP contribution in [0.5, 0.6) is 0 Å². The van der Waals surface area contributed by atoms with Crippen LogP contribution < -0.4 is 5.73 Å². The van der Waals surface area contributed by atoms with Gasteiger partial charge in [0.1, 0.15) is 6.61 Å². The van der Waals surface area contributed by atoms with Crippen LogP contribution in [-0.4, -0.2) is 17.6 Å². The van der Waals surface area contributed by atoms with Crippen molar-refractivity contribution in [1.82, 2.24) is 0 Å². The molecule has 0 unspecified atom stereocenters. The van der Waals surface area contributed by atoms with Gasteiger partial charge in [0, 0.05) is 8.95 Å². The van der Waals surface area contributed by atoms with Crippen molar-refractivity contribution in [2.75, 3.05) is 6.61 Å². The second-order valence-electron chi connectivity index (χ2n) is 3.07. The topological polar surface area (TPSA) is 46.2 Å². The van der Waals surface area contributed by atoms with E-state index in [9.17, 15) is 8.78 Å². The molecule has 92 valence electrons. The number of aliphatic hydroxyl groups is 1. The molecule has 3 N–H and O–H groups in total. The number of nitrogens with two attached hydrogens (primary N) is 1. The molecule has 0 aliphatic heterocycles. The maximum Gasteiger partial charge on any atom is 0.289 e. The number of hydrogen-bond acceptors (Lipinski definition) is 2. The van der Waals surface area contributed by atoms with E-state index in [0.717, 1.165) is 4.47 Å². The Labute approximate surface area is 115 Å². The number of alkyl halides is 2. The van der Waals surface area contributed by atoms with Gasteiger partial charge in [-0.25, -0.2) is 8.78 Å². The summed E-state index contributed by atoms with van der Waals surface area (Å²) in [5.41, 5.74) is 5.62. The van der Waals surface area contributed by atoms with Crippen LogP contribution in [0.25, 0.3) is 0 Å². The first-order valence-electron chi connectivity index (χ1n) is 4.07. The summed E-state index contributed by atoms with van der Waals surface area (Å²) in [5, 5.41) is 8.50. The monoisotopic (exact) mass is 379 g/mol. The highest BCUT2D eigenvalue weighted by Crippen LogP contribution is 2.32. The minimum Gasteiger partial charge on any atom is -0.390 e. The number of rotatable bonds is 3. The highest BCUT2D eigenvalue weighted by molar-refractivity contribution is 9.13. The first-order valence-corrected chi connectivity index (χ1v) is 5.66. The predicted octanol–water partition coefficient (Wildman–Crippen LogP) is 3.26. The standard InChI is InChI=1S/C9H9Br2F2NO.ClH/c10-6-2-1-5(3-7(6)11)8(14)9(12,13)4-15;/h1-3,8,15H,4,14H2;1H/t8-;/m0./s1. The highest BCUT2D eigenvalue weighted by atomic mass is 79.9. The zero-order valence-electron chi connectivity index (χ0n) is 7.96. The van der Waals surface area contributed by atoms with Gasteiger partial charge in [-0.2, -0.15) is 0 Å². The molecular weight excluding hydrogens is 371 g/mol. The first-order chi connectivity index (χ1) is 6.88. The third-order valence-corrected chi connectivity index (χ3v) is 3.85. The Kier molecular flexibility index (Phi) is 6.35. The van der Waals surface area contributed by atoms with E-state index < -0.39 is 18.6 Å². The quantitative estimate of drug-likeness (QED) is 0.844. The Morgan fingerprint density at radius 1 is 1.31 bits per heavy atom. The lowest BCUT2D eigenvalue weighted by molar-refractivity contribution is -0.0711. The highest BCUT2D eigenvalue weighted by Gasteiger charge is 2.37. The Morgan fingerprint density at radius 3 is 2.31 bits per heavy atom. The molecule has 0 bridgehead atoms. The summed E-state index contributed by atoms with van der Waals surface area (Å²) < 4.78 is 27.5. The maximum atomic E-state index is 13.1. The molecule has 0 aliphatic rings. The van der Waals surface area contributed by atoms with Gasteiger partial charge in [0.25, 0.3) is 5.92 Å². The molecule has 2 nitrogen and oxygen atoms in total. The van der Waals surface area contributed by atoms with Crippen LogP contribution in [0.1, 0.15) is 11.6 Å². The molecule has 0 spiro atoms. The number of hydrogen-bond donors (Lipinski definition) is 2. The van der Waals surface area contributed by atoms with Crippen molar-refractivity contribution in [1.29, 1.82) is 0 Å². The Bertz CT molecular complexity index is 365. The van der Waals surface area contributed by atoms with E-state index in [1.165, 1.54) is 12.1 Å². The van der Waals surface area contributed by atoms with Gasteiger partial charge in [0.15, 0.2) is 0 Å². The lowest BCUT2D eigenvalue weighted by Crippen LogP contribution is -2.36. The molecule has 16 heavy (non-hydrogen) atoms. The van der Waals surface area contributed by atoms with Gasteiger partial charge in [-0.05, 0) is 49.6 Å². The van der Waals surface area contributed by atoms with Gasteiger partial charge < -0.3 is 10.8 Å². The van der Waals surface area contributed by atoms with Gasteiger partial charge in [-0.15, -0.1) is 12.4 Å².